The van der Waals surface area contributed by atoms with Gasteiger partial charge in [0.25, 0.3) is 0 Å². The first-order valence-electron chi connectivity index (χ1n) is 13.4. The van der Waals surface area contributed by atoms with E-state index >= 15 is 0 Å². The highest BCUT2D eigenvalue weighted by Crippen LogP contribution is 2.34. The lowest BCUT2D eigenvalue weighted by molar-refractivity contribution is -0.129. The molecule has 0 spiro atoms. The van der Waals surface area contributed by atoms with Crippen LogP contribution in [0.4, 0.5) is 10.5 Å². The van der Waals surface area contributed by atoms with E-state index in [0.717, 1.165) is 68.4 Å². The summed E-state index contributed by atoms with van der Waals surface area (Å²) in [4.78, 5) is 31.5. The summed E-state index contributed by atoms with van der Waals surface area (Å²) in [6, 6.07) is 11.4. The van der Waals surface area contributed by atoms with E-state index in [0.29, 0.717) is 49.2 Å². The Labute approximate surface area is 225 Å². The zero-order valence-electron chi connectivity index (χ0n) is 22.0. The quantitative estimate of drug-likeness (QED) is 0.340. The van der Waals surface area contributed by atoms with Crippen molar-refractivity contribution in [1.29, 1.82) is 0 Å². The van der Waals surface area contributed by atoms with Crippen molar-refractivity contribution < 1.29 is 19.1 Å². The Kier molecular flexibility index (Phi) is 9.56. The number of hydrogen-bond acceptors (Lipinski definition) is 4. The van der Waals surface area contributed by atoms with Crippen molar-refractivity contribution in [2.45, 2.75) is 58.4 Å². The molecule has 2 aromatic carbocycles. The second kappa shape index (κ2) is 13.0. The summed E-state index contributed by atoms with van der Waals surface area (Å²) < 4.78 is 11.5. The van der Waals surface area contributed by atoms with Crippen LogP contribution in [-0.2, 0) is 17.8 Å². The highest BCUT2D eigenvalue weighted by atomic mass is 35.5. The Bertz CT molecular complexity index is 1090. The molecule has 0 saturated carbocycles. The van der Waals surface area contributed by atoms with Crippen LogP contribution in [0, 0.1) is 0 Å². The second-order valence-corrected chi connectivity index (χ2v) is 10.2. The molecular formula is C29H38ClN3O4. The summed E-state index contributed by atoms with van der Waals surface area (Å²) >= 11 is 6.61. The van der Waals surface area contributed by atoms with Crippen molar-refractivity contribution in [2.75, 3.05) is 44.8 Å². The number of unbranched alkanes of at least 4 members (excludes halogenated alkanes) is 2. The van der Waals surface area contributed by atoms with Crippen LogP contribution in [0.5, 0.6) is 11.5 Å². The summed E-state index contributed by atoms with van der Waals surface area (Å²) in [6.07, 6.45) is 6.59. The summed E-state index contributed by atoms with van der Waals surface area (Å²) in [5, 5.41) is 0.587. The molecule has 0 unspecified atom stereocenters. The Morgan fingerprint density at radius 3 is 2.51 bits per heavy atom. The number of methoxy groups -OCH3 is 1. The van der Waals surface area contributed by atoms with E-state index in [1.165, 1.54) is 0 Å². The normalized spacial score (nSPS) is 15.9. The number of hydrogen-bond donors (Lipinski definition) is 0. The highest BCUT2D eigenvalue weighted by Gasteiger charge is 2.28. The predicted octanol–water partition coefficient (Wildman–Crippen LogP) is 5.91. The van der Waals surface area contributed by atoms with E-state index in [1.54, 1.807) is 12.0 Å². The molecule has 2 heterocycles. The molecule has 2 aromatic rings. The minimum Gasteiger partial charge on any atom is -0.493 e. The van der Waals surface area contributed by atoms with Gasteiger partial charge in [0.2, 0.25) is 5.91 Å². The molecule has 8 heteroatoms. The Hall–Kier alpha value is -2.93. The first-order chi connectivity index (χ1) is 18.0. The van der Waals surface area contributed by atoms with Gasteiger partial charge < -0.3 is 19.3 Å². The Morgan fingerprint density at radius 2 is 1.78 bits per heavy atom. The number of carbonyl (C=O) groups is 2. The largest absolute Gasteiger partial charge is 0.493 e. The third-order valence-corrected chi connectivity index (χ3v) is 7.42. The van der Waals surface area contributed by atoms with Gasteiger partial charge in [0, 0.05) is 49.5 Å². The molecule has 2 fully saturated rings. The van der Waals surface area contributed by atoms with Crippen LogP contribution in [0.1, 0.15) is 56.6 Å². The molecule has 0 bridgehead atoms. The van der Waals surface area contributed by atoms with Crippen LogP contribution >= 0.6 is 11.6 Å². The molecule has 2 aliphatic heterocycles. The summed E-state index contributed by atoms with van der Waals surface area (Å²) in [5.41, 5.74) is 2.58. The van der Waals surface area contributed by atoms with Crippen LogP contribution in [-0.4, -0.2) is 61.6 Å². The maximum Gasteiger partial charge on any atom is 0.324 e. The molecule has 0 aliphatic carbocycles. The molecular weight excluding hydrogens is 490 g/mol. The average Bonchev–Trinajstić information content (AvgIpc) is 3.45. The first kappa shape index (κ1) is 27.1. The molecule has 2 aliphatic rings. The summed E-state index contributed by atoms with van der Waals surface area (Å²) in [7, 11) is 1.62. The molecule has 37 heavy (non-hydrogen) atoms. The van der Waals surface area contributed by atoms with Gasteiger partial charge >= 0.3 is 6.03 Å². The van der Waals surface area contributed by atoms with Gasteiger partial charge in [0.05, 0.1) is 20.1 Å². The number of likely N-dealkylation sites (tertiary alicyclic amines) is 1. The van der Waals surface area contributed by atoms with Crippen LogP contribution in [0.15, 0.2) is 36.4 Å². The minimum atomic E-state index is -0.0577. The van der Waals surface area contributed by atoms with Gasteiger partial charge in [-0.1, -0.05) is 43.5 Å². The molecule has 0 atom stereocenters. The lowest BCUT2D eigenvalue weighted by atomic mass is 10.1. The van der Waals surface area contributed by atoms with Crippen LogP contribution < -0.4 is 14.4 Å². The van der Waals surface area contributed by atoms with Gasteiger partial charge in [0.1, 0.15) is 0 Å². The maximum atomic E-state index is 13.5. The number of rotatable bonds is 11. The molecule has 200 valence electrons. The third-order valence-electron chi connectivity index (χ3n) is 7.07. The van der Waals surface area contributed by atoms with Gasteiger partial charge in [-0.05, 0) is 55.0 Å². The van der Waals surface area contributed by atoms with Crippen LogP contribution in [0.2, 0.25) is 5.02 Å². The van der Waals surface area contributed by atoms with E-state index in [4.69, 9.17) is 21.1 Å². The van der Waals surface area contributed by atoms with E-state index in [1.807, 2.05) is 46.2 Å². The number of anilines is 1. The van der Waals surface area contributed by atoms with E-state index in [-0.39, 0.29) is 11.9 Å². The van der Waals surface area contributed by atoms with Crippen molar-refractivity contribution in [3.05, 3.63) is 52.5 Å². The fourth-order valence-corrected chi connectivity index (χ4v) is 5.20. The third kappa shape index (κ3) is 6.89. The van der Waals surface area contributed by atoms with Gasteiger partial charge in [-0.3, -0.25) is 9.69 Å². The highest BCUT2D eigenvalue weighted by molar-refractivity contribution is 6.31. The molecule has 7 nitrogen and oxygen atoms in total. The smallest absolute Gasteiger partial charge is 0.324 e. The van der Waals surface area contributed by atoms with Crippen molar-refractivity contribution in [2.24, 2.45) is 0 Å². The van der Waals surface area contributed by atoms with E-state index < -0.39 is 0 Å². The molecule has 2 saturated heterocycles. The standard InChI is InChI=1S/C29H38ClN3O4/c1-3-4-7-17-37-27-20-24(11-12-26(27)36-2)33-16-8-15-32(29(33)35)21-23-10-9-22(18-25(23)30)19-28(34)31-13-5-6-14-31/h9-12,18,20H,3-8,13-17,19,21H2,1-2H3. The van der Waals surface area contributed by atoms with Crippen molar-refractivity contribution in [1.82, 2.24) is 9.80 Å². The van der Waals surface area contributed by atoms with Crippen LogP contribution in [0.25, 0.3) is 0 Å². The van der Waals surface area contributed by atoms with Crippen molar-refractivity contribution in [3.63, 3.8) is 0 Å². The van der Waals surface area contributed by atoms with E-state index in [2.05, 4.69) is 6.92 Å². The Morgan fingerprint density at radius 1 is 0.973 bits per heavy atom. The zero-order chi connectivity index (χ0) is 26.2. The number of benzene rings is 2. The topological polar surface area (TPSA) is 62.3 Å². The van der Waals surface area contributed by atoms with Gasteiger partial charge in [-0.2, -0.15) is 0 Å². The monoisotopic (exact) mass is 527 g/mol. The number of amides is 3. The van der Waals surface area contributed by atoms with Crippen molar-refractivity contribution in [3.8, 4) is 11.5 Å². The average molecular weight is 528 g/mol. The van der Waals surface area contributed by atoms with Gasteiger partial charge in [-0.25, -0.2) is 4.79 Å². The molecule has 3 amide bonds. The number of halogens is 1. The molecule has 0 N–H and O–H groups in total. The number of nitrogens with zero attached hydrogens (tertiary/aromatic N) is 3. The Balaban J connectivity index is 1.41. The number of ether oxygens (including phenoxy) is 2. The second-order valence-electron chi connectivity index (χ2n) is 9.79. The summed E-state index contributed by atoms with van der Waals surface area (Å²) in [6.45, 7) is 6.20. The first-order valence-corrected chi connectivity index (χ1v) is 13.8. The number of carbonyl (C=O) groups excluding carboxylic acids is 2. The molecule has 0 aromatic heterocycles. The fraction of sp³-hybridized carbons (Fsp3) is 0.517. The predicted molar refractivity (Wildman–Crippen MR) is 147 cm³/mol. The fourth-order valence-electron chi connectivity index (χ4n) is 4.94. The van der Waals surface area contributed by atoms with Crippen LogP contribution in [0.3, 0.4) is 0 Å². The lowest BCUT2D eigenvalue weighted by Crippen LogP contribution is -2.49. The van der Waals surface area contributed by atoms with Gasteiger partial charge in [-0.15, -0.1) is 0 Å². The zero-order valence-corrected chi connectivity index (χ0v) is 22.8. The van der Waals surface area contributed by atoms with E-state index in [9.17, 15) is 9.59 Å². The lowest BCUT2D eigenvalue weighted by Gasteiger charge is -2.36. The van der Waals surface area contributed by atoms with Gasteiger partial charge in [0.15, 0.2) is 11.5 Å². The SMILES string of the molecule is CCCCCOc1cc(N2CCCN(Cc3ccc(CC(=O)N4CCCC4)cc3Cl)C2=O)ccc1OC. The maximum absolute atomic E-state index is 13.5. The van der Waals surface area contributed by atoms with Crippen molar-refractivity contribution >= 4 is 29.2 Å². The summed E-state index contributed by atoms with van der Waals surface area (Å²) in [5.74, 6) is 1.47. The molecule has 4 rings (SSSR count). The molecule has 0 radical (unpaired) electrons. The number of urea groups is 1. The minimum absolute atomic E-state index is 0.0577.